The number of rotatable bonds is 3. The van der Waals surface area contributed by atoms with Gasteiger partial charge in [-0.25, -0.2) is 4.68 Å². The molecule has 0 spiro atoms. The molecular formula is C13H15N5OS. The van der Waals surface area contributed by atoms with Crippen molar-refractivity contribution in [3.8, 4) is 5.69 Å². The summed E-state index contributed by atoms with van der Waals surface area (Å²) in [5.41, 5.74) is 9.65. The average molecular weight is 289 g/mol. The fourth-order valence-corrected chi connectivity index (χ4v) is 1.95. The summed E-state index contributed by atoms with van der Waals surface area (Å²) < 4.78 is 3.36. The molecule has 0 aliphatic heterocycles. The smallest absolute Gasteiger partial charge is 0.280 e. The van der Waals surface area contributed by atoms with Crippen molar-refractivity contribution in [3.63, 3.8) is 0 Å². The van der Waals surface area contributed by atoms with Crippen molar-refractivity contribution in [1.29, 1.82) is 0 Å². The van der Waals surface area contributed by atoms with Crippen molar-refractivity contribution >= 4 is 23.5 Å². The molecule has 2 rings (SSSR count). The number of aromatic nitrogens is 2. The lowest BCUT2D eigenvalue weighted by atomic mass is 10.3. The molecule has 0 aliphatic rings. The van der Waals surface area contributed by atoms with Gasteiger partial charge in [0, 0.05) is 12.7 Å². The first-order valence-electron chi connectivity index (χ1n) is 5.95. The molecule has 0 bridgehead atoms. The van der Waals surface area contributed by atoms with Crippen LogP contribution in [-0.4, -0.2) is 20.7 Å². The van der Waals surface area contributed by atoms with Gasteiger partial charge in [-0.15, -0.1) is 0 Å². The largest absolute Gasteiger partial charge is 0.375 e. The Morgan fingerprint density at radius 3 is 2.65 bits per heavy atom. The monoisotopic (exact) mass is 289 g/mol. The Labute approximate surface area is 121 Å². The number of para-hydroxylation sites is 1. The topological polar surface area (TPSA) is 77.3 Å². The number of thiocarbonyl (C=S) groups is 1. The van der Waals surface area contributed by atoms with Crippen molar-refractivity contribution in [1.82, 2.24) is 14.8 Å². The molecule has 3 N–H and O–H groups in total. The minimum Gasteiger partial charge on any atom is -0.375 e. The normalized spacial score (nSPS) is 10.9. The van der Waals surface area contributed by atoms with E-state index in [0.717, 1.165) is 11.4 Å². The van der Waals surface area contributed by atoms with Crippen LogP contribution in [0, 0.1) is 6.92 Å². The van der Waals surface area contributed by atoms with Gasteiger partial charge in [-0.3, -0.25) is 14.9 Å². The second-order valence-corrected chi connectivity index (χ2v) is 4.65. The molecule has 0 unspecified atom stereocenters. The number of benzene rings is 1. The van der Waals surface area contributed by atoms with Gasteiger partial charge in [-0.2, -0.15) is 5.10 Å². The molecule has 104 valence electrons. The lowest BCUT2D eigenvalue weighted by molar-refractivity contribution is 0.630. The average Bonchev–Trinajstić information content (AvgIpc) is 2.63. The van der Waals surface area contributed by atoms with Crippen LogP contribution in [0.1, 0.15) is 11.3 Å². The second-order valence-electron chi connectivity index (χ2n) is 4.21. The van der Waals surface area contributed by atoms with Crippen molar-refractivity contribution in [2.24, 2.45) is 17.9 Å². The fraction of sp³-hybridized carbons (Fsp3) is 0.154. The highest BCUT2D eigenvalue weighted by Gasteiger charge is 2.14. The zero-order chi connectivity index (χ0) is 14.7. The van der Waals surface area contributed by atoms with E-state index in [1.54, 1.807) is 9.36 Å². The maximum atomic E-state index is 12.4. The van der Waals surface area contributed by atoms with Gasteiger partial charge in [0.25, 0.3) is 5.56 Å². The predicted octanol–water partition coefficient (Wildman–Crippen LogP) is 0.652. The van der Waals surface area contributed by atoms with E-state index >= 15 is 0 Å². The van der Waals surface area contributed by atoms with E-state index in [2.05, 4.69) is 22.7 Å². The van der Waals surface area contributed by atoms with E-state index < -0.39 is 0 Å². The summed E-state index contributed by atoms with van der Waals surface area (Å²) >= 11 is 4.65. The van der Waals surface area contributed by atoms with Crippen molar-refractivity contribution in [3.05, 3.63) is 51.9 Å². The first kappa shape index (κ1) is 14.0. The first-order valence-corrected chi connectivity index (χ1v) is 6.35. The van der Waals surface area contributed by atoms with Gasteiger partial charge < -0.3 is 5.73 Å². The first-order chi connectivity index (χ1) is 9.52. The standard InChI is InChI=1S/C13H15N5OS/c1-9-11(8-15-16-13(14)20)12(19)18(17(9)2)10-6-4-3-5-7-10/h3-8H,1-2H3,(H3,14,16,20)/b15-8-. The maximum absolute atomic E-state index is 12.4. The summed E-state index contributed by atoms with van der Waals surface area (Å²) in [7, 11) is 1.82. The summed E-state index contributed by atoms with van der Waals surface area (Å²) in [6.45, 7) is 1.85. The molecule has 0 amide bonds. The summed E-state index contributed by atoms with van der Waals surface area (Å²) in [5.74, 6) is 0. The van der Waals surface area contributed by atoms with Gasteiger partial charge in [0.2, 0.25) is 0 Å². The highest BCUT2D eigenvalue weighted by atomic mass is 32.1. The molecule has 0 radical (unpaired) electrons. The molecule has 0 saturated carbocycles. The molecule has 7 heteroatoms. The molecule has 1 heterocycles. The third-order valence-corrected chi connectivity index (χ3v) is 3.06. The Balaban J connectivity index is 2.50. The minimum absolute atomic E-state index is 0.0539. The van der Waals surface area contributed by atoms with E-state index in [-0.39, 0.29) is 10.7 Å². The number of nitrogens with one attached hydrogen (secondary N) is 1. The highest BCUT2D eigenvalue weighted by Crippen LogP contribution is 2.08. The van der Waals surface area contributed by atoms with Crippen LogP contribution in [-0.2, 0) is 7.05 Å². The molecule has 6 nitrogen and oxygen atoms in total. The molecular weight excluding hydrogens is 274 g/mol. The summed E-state index contributed by atoms with van der Waals surface area (Å²) in [5, 5.41) is 3.90. The molecule has 0 atom stereocenters. The van der Waals surface area contributed by atoms with Gasteiger partial charge in [0.05, 0.1) is 17.5 Å². The van der Waals surface area contributed by atoms with Crippen LogP contribution in [0.15, 0.2) is 40.2 Å². The zero-order valence-electron chi connectivity index (χ0n) is 11.2. The summed E-state index contributed by atoms with van der Waals surface area (Å²) in [4.78, 5) is 12.4. The summed E-state index contributed by atoms with van der Waals surface area (Å²) in [6, 6.07) is 9.40. The van der Waals surface area contributed by atoms with Gasteiger partial charge in [-0.1, -0.05) is 18.2 Å². The third-order valence-electron chi connectivity index (χ3n) is 2.97. The van der Waals surface area contributed by atoms with Gasteiger partial charge in [0.1, 0.15) is 0 Å². The van der Waals surface area contributed by atoms with Crippen molar-refractivity contribution in [2.45, 2.75) is 6.92 Å². The fourth-order valence-electron chi connectivity index (χ4n) is 1.90. The Morgan fingerprint density at radius 1 is 1.40 bits per heavy atom. The number of hydrogen-bond acceptors (Lipinski definition) is 3. The van der Waals surface area contributed by atoms with E-state index in [9.17, 15) is 4.79 Å². The zero-order valence-corrected chi connectivity index (χ0v) is 12.0. The molecule has 1 aromatic carbocycles. The van der Waals surface area contributed by atoms with Crippen LogP contribution < -0.4 is 16.7 Å². The van der Waals surface area contributed by atoms with Crippen LogP contribution in [0.5, 0.6) is 0 Å². The molecule has 0 saturated heterocycles. The Morgan fingerprint density at radius 2 is 2.05 bits per heavy atom. The van der Waals surface area contributed by atoms with Gasteiger partial charge in [0.15, 0.2) is 5.11 Å². The van der Waals surface area contributed by atoms with Gasteiger partial charge >= 0.3 is 0 Å². The molecule has 1 aromatic heterocycles. The quantitative estimate of drug-likeness (QED) is 0.494. The second kappa shape index (κ2) is 5.70. The van der Waals surface area contributed by atoms with E-state index in [1.165, 1.54) is 6.21 Å². The Hall–Kier alpha value is -2.41. The summed E-state index contributed by atoms with van der Waals surface area (Å²) in [6.07, 6.45) is 1.43. The molecule has 2 aromatic rings. The van der Waals surface area contributed by atoms with Crippen LogP contribution in [0.25, 0.3) is 5.69 Å². The van der Waals surface area contributed by atoms with E-state index in [0.29, 0.717) is 5.56 Å². The van der Waals surface area contributed by atoms with Crippen LogP contribution in [0.4, 0.5) is 0 Å². The number of nitrogens with two attached hydrogens (primary N) is 1. The SMILES string of the molecule is Cc1c(/C=N\NC(N)=S)c(=O)n(-c2ccccc2)n1C. The number of nitrogens with zero attached hydrogens (tertiary/aromatic N) is 3. The molecule has 0 aliphatic carbocycles. The lowest BCUT2D eigenvalue weighted by Gasteiger charge is -2.07. The Bertz CT molecular complexity index is 714. The molecule has 0 fully saturated rings. The van der Waals surface area contributed by atoms with Gasteiger partial charge in [-0.05, 0) is 31.3 Å². The maximum Gasteiger partial charge on any atom is 0.280 e. The number of hydrazone groups is 1. The number of hydrogen-bond donors (Lipinski definition) is 2. The predicted molar refractivity (Wildman–Crippen MR) is 83.3 cm³/mol. The van der Waals surface area contributed by atoms with Crippen LogP contribution in [0.3, 0.4) is 0 Å². The van der Waals surface area contributed by atoms with E-state index in [1.807, 2.05) is 44.3 Å². The molecule has 20 heavy (non-hydrogen) atoms. The minimum atomic E-state index is -0.148. The van der Waals surface area contributed by atoms with Crippen LogP contribution in [0.2, 0.25) is 0 Å². The van der Waals surface area contributed by atoms with Crippen molar-refractivity contribution in [2.75, 3.05) is 0 Å². The third kappa shape index (κ3) is 2.62. The highest BCUT2D eigenvalue weighted by molar-refractivity contribution is 7.80. The van der Waals surface area contributed by atoms with Crippen molar-refractivity contribution < 1.29 is 0 Å². The lowest BCUT2D eigenvalue weighted by Crippen LogP contribution is -2.25. The Kier molecular flexibility index (Phi) is 3.99. The van der Waals surface area contributed by atoms with Crippen LogP contribution >= 0.6 is 12.2 Å². The van der Waals surface area contributed by atoms with E-state index in [4.69, 9.17) is 5.73 Å².